The van der Waals surface area contributed by atoms with Gasteiger partial charge in [-0.05, 0) is 42.0 Å². The first-order valence-electron chi connectivity index (χ1n) is 7.58. The van der Waals surface area contributed by atoms with Gasteiger partial charge in [-0.15, -0.1) is 0 Å². The number of carbonyl (C=O) groups is 1. The highest BCUT2D eigenvalue weighted by atomic mass is 32.2. The molecule has 2 aromatic rings. The molecule has 2 aromatic carbocycles. The van der Waals surface area contributed by atoms with E-state index in [-0.39, 0.29) is 11.4 Å². The van der Waals surface area contributed by atoms with E-state index >= 15 is 0 Å². The number of anilines is 1. The SMILES string of the molecule is COC(=O)Nc1ccc(S(=O)(=O)NCC(OC)c2cccc(F)c2)cc1. The monoisotopic (exact) mass is 382 g/mol. The van der Waals surface area contributed by atoms with Crippen LogP contribution in [0.4, 0.5) is 14.9 Å². The summed E-state index contributed by atoms with van der Waals surface area (Å²) in [6, 6.07) is 11.3. The van der Waals surface area contributed by atoms with Crippen LogP contribution in [0.25, 0.3) is 0 Å². The Hall–Kier alpha value is -2.49. The Morgan fingerprint density at radius 2 is 1.85 bits per heavy atom. The van der Waals surface area contributed by atoms with Crippen LogP contribution in [0.15, 0.2) is 53.4 Å². The van der Waals surface area contributed by atoms with Crippen molar-refractivity contribution in [2.75, 3.05) is 26.1 Å². The molecule has 2 rings (SSSR count). The average molecular weight is 382 g/mol. The van der Waals surface area contributed by atoms with Gasteiger partial charge in [0.25, 0.3) is 0 Å². The number of hydrogen-bond acceptors (Lipinski definition) is 5. The summed E-state index contributed by atoms with van der Waals surface area (Å²) in [4.78, 5) is 11.1. The van der Waals surface area contributed by atoms with Gasteiger partial charge in [-0.1, -0.05) is 12.1 Å². The molecule has 9 heteroatoms. The molecule has 1 atom stereocenters. The van der Waals surface area contributed by atoms with Gasteiger partial charge < -0.3 is 9.47 Å². The van der Waals surface area contributed by atoms with Gasteiger partial charge >= 0.3 is 6.09 Å². The van der Waals surface area contributed by atoms with Crippen LogP contribution >= 0.6 is 0 Å². The Morgan fingerprint density at radius 1 is 1.15 bits per heavy atom. The first-order chi connectivity index (χ1) is 12.4. The fourth-order valence-corrected chi connectivity index (χ4v) is 3.23. The summed E-state index contributed by atoms with van der Waals surface area (Å²) >= 11 is 0. The minimum Gasteiger partial charge on any atom is -0.453 e. The number of ether oxygens (including phenoxy) is 2. The lowest BCUT2D eigenvalue weighted by Gasteiger charge is -2.17. The van der Waals surface area contributed by atoms with Gasteiger partial charge in [0.15, 0.2) is 0 Å². The fraction of sp³-hybridized carbons (Fsp3) is 0.235. The number of hydrogen-bond donors (Lipinski definition) is 2. The molecule has 0 aliphatic heterocycles. The molecule has 0 spiro atoms. The van der Waals surface area contributed by atoms with Crippen molar-refractivity contribution in [1.82, 2.24) is 4.72 Å². The molecule has 2 N–H and O–H groups in total. The third-order valence-electron chi connectivity index (χ3n) is 3.56. The van der Waals surface area contributed by atoms with Gasteiger partial charge in [-0.2, -0.15) is 0 Å². The van der Waals surface area contributed by atoms with Crippen molar-refractivity contribution >= 4 is 21.8 Å². The molecule has 140 valence electrons. The average Bonchev–Trinajstić information content (AvgIpc) is 2.62. The molecule has 26 heavy (non-hydrogen) atoms. The Morgan fingerprint density at radius 3 is 2.42 bits per heavy atom. The number of benzene rings is 2. The van der Waals surface area contributed by atoms with Crippen molar-refractivity contribution in [3.63, 3.8) is 0 Å². The van der Waals surface area contributed by atoms with Crippen molar-refractivity contribution < 1.29 is 27.1 Å². The largest absolute Gasteiger partial charge is 0.453 e. The molecule has 1 amide bonds. The van der Waals surface area contributed by atoms with Crippen LogP contribution in [0.5, 0.6) is 0 Å². The van der Waals surface area contributed by atoms with Gasteiger partial charge in [-0.3, -0.25) is 5.32 Å². The van der Waals surface area contributed by atoms with Gasteiger partial charge in [0.05, 0.1) is 18.1 Å². The molecule has 1 unspecified atom stereocenters. The van der Waals surface area contributed by atoms with Crippen molar-refractivity contribution in [1.29, 1.82) is 0 Å². The van der Waals surface area contributed by atoms with Crippen molar-refractivity contribution in [2.24, 2.45) is 0 Å². The van der Waals surface area contributed by atoms with Crippen LogP contribution < -0.4 is 10.0 Å². The Bertz CT molecular complexity index is 856. The highest BCUT2D eigenvalue weighted by Crippen LogP contribution is 2.19. The minimum atomic E-state index is -3.80. The lowest BCUT2D eigenvalue weighted by molar-refractivity contribution is 0.107. The first-order valence-corrected chi connectivity index (χ1v) is 9.07. The van der Waals surface area contributed by atoms with Gasteiger partial charge in [-0.25, -0.2) is 22.3 Å². The van der Waals surface area contributed by atoms with Crippen LogP contribution in [-0.2, 0) is 19.5 Å². The smallest absolute Gasteiger partial charge is 0.411 e. The molecule has 0 aliphatic carbocycles. The van der Waals surface area contributed by atoms with Crippen LogP contribution in [0, 0.1) is 5.82 Å². The molecule has 0 aromatic heterocycles. The fourth-order valence-electron chi connectivity index (χ4n) is 2.20. The molecular weight excluding hydrogens is 363 g/mol. The summed E-state index contributed by atoms with van der Waals surface area (Å²) in [5.74, 6) is -0.430. The minimum absolute atomic E-state index is 0.0158. The predicted octanol–water partition coefficient (Wildman–Crippen LogP) is 2.67. The van der Waals surface area contributed by atoms with Crippen molar-refractivity contribution in [3.8, 4) is 0 Å². The second kappa shape index (κ2) is 8.75. The molecule has 7 nitrogen and oxygen atoms in total. The lowest BCUT2D eigenvalue weighted by Crippen LogP contribution is -2.29. The number of rotatable bonds is 7. The molecule has 0 saturated heterocycles. The number of nitrogens with one attached hydrogen (secondary N) is 2. The van der Waals surface area contributed by atoms with Crippen LogP contribution in [0.1, 0.15) is 11.7 Å². The second-order valence-electron chi connectivity index (χ2n) is 5.27. The number of carbonyl (C=O) groups excluding carboxylic acids is 1. The zero-order chi connectivity index (χ0) is 19.2. The van der Waals surface area contributed by atoms with E-state index in [2.05, 4.69) is 14.8 Å². The van der Waals surface area contributed by atoms with E-state index in [0.29, 0.717) is 11.3 Å². The summed E-state index contributed by atoms with van der Waals surface area (Å²) in [6.07, 6.45) is -1.29. The molecule has 0 saturated carbocycles. The third-order valence-corrected chi connectivity index (χ3v) is 5.00. The van der Waals surface area contributed by atoms with Gasteiger partial charge in [0.2, 0.25) is 10.0 Å². The maximum Gasteiger partial charge on any atom is 0.411 e. The van der Waals surface area contributed by atoms with E-state index in [9.17, 15) is 17.6 Å². The van der Waals surface area contributed by atoms with Gasteiger partial charge in [0, 0.05) is 19.3 Å². The topological polar surface area (TPSA) is 93.7 Å². The highest BCUT2D eigenvalue weighted by molar-refractivity contribution is 7.89. The molecule has 0 radical (unpaired) electrons. The zero-order valence-corrected chi connectivity index (χ0v) is 15.0. The maximum atomic E-state index is 13.3. The van der Waals surface area contributed by atoms with E-state index in [4.69, 9.17) is 4.74 Å². The number of sulfonamides is 1. The molecule has 0 bridgehead atoms. The van der Waals surface area contributed by atoms with E-state index in [1.165, 1.54) is 56.7 Å². The van der Waals surface area contributed by atoms with Gasteiger partial charge in [0.1, 0.15) is 5.82 Å². The maximum absolute atomic E-state index is 13.3. The quantitative estimate of drug-likeness (QED) is 0.768. The van der Waals surface area contributed by atoms with Crippen molar-refractivity contribution in [3.05, 3.63) is 59.9 Å². The summed E-state index contributed by atoms with van der Waals surface area (Å²) in [5, 5.41) is 2.42. The summed E-state index contributed by atoms with van der Waals surface area (Å²) in [5.41, 5.74) is 0.915. The van der Waals surface area contributed by atoms with E-state index in [0.717, 1.165) is 0 Å². The second-order valence-corrected chi connectivity index (χ2v) is 7.04. The Balaban J connectivity index is 2.06. The van der Waals surface area contributed by atoms with Crippen molar-refractivity contribution in [2.45, 2.75) is 11.0 Å². The standard InChI is InChI=1S/C17H19FN2O5S/c1-24-16(12-4-3-5-13(18)10-12)11-19-26(22,23)15-8-6-14(7-9-15)20-17(21)25-2/h3-10,16,19H,11H2,1-2H3,(H,20,21). The summed E-state index contributed by atoms with van der Waals surface area (Å²) < 4.78 is 50.2. The molecule has 0 aliphatic rings. The summed E-state index contributed by atoms with van der Waals surface area (Å²) in [6.45, 7) is -0.0650. The first kappa shape index (κ1) is 19.8. The number of methoxy groups -OCH3 is 2. The third kappa shape index (κ3) is 5.25. The van der Waals surface area contributed by atoms with E-state index in [1.807, 2.05) is 0 Å². The van der Waals surface area contributed by atoms with Crippen LogP contribution in [-0.4, -0.2) is 35.3 Å². The van der Waals surface area contributed by atoms with E-state index < -0.39 is 28.0 Å². The Kier molecular flexibility index (Phi) is 6.67. The van der Waals surface area contributed by atoms with E-state index in [1.54, 1.807) is 6.07 Å². The number of halogens is 1. The number of amides is 1. The highest BCUT2D eigenvalue weighted by Gasteiger charge is 2.18. The summed E-state index contributed by atoms with van der Waals surface area (Å²) in [7, 11) is -1.16. The lowest BCUT2D eigenvalue weighted by atomic mass is 10.1. The predicted molar refractivity (Wildman–Crippen MR) is 93.8 cm³/mol. The normalized spacial score (nSPS) is 12.4. The molecule has 0 heterocycles. The molecular formula is C17H19FN2O5S. The zero-order valence-electron chi connectivity index (χ0n) is 14.2. The van der Waals surface area contributed by atoms with Crippen LogP contribution in [0.2, 0.25) is 0 Å². The molecule has 0 fully saturated rings. The Labute approximate surface area is 151 Å². The van der Waals surface area contributed by atoms with Crippen LogP contribution in [0.3, 0.4) is 0 Å².